The molecule has 0 aromatic heterocycles. The molecule has 0 radical (unpaired) electrons. The number of allylic oxidation sites excluding steroid dienone is 2. The zero-order valence-electron chi connectivity index (χ0n) is 4.19. The summed E-state index contributed by atoms with van der Waals surface area (Å²) in [6.45, 7) is 3.23. The van der Waals surface area contributed by atoms with Gasteiger partial charge >= 0.3 is 7.60 Å². The van der Waals surface area contributed by atoms with Crippen molar-refractivity contribution in [3.05, 3.63) is 24.5 Å². The van der Waals surface area contributed by atoms with Crippen molar-refractivity contribution in [3.63, 3.8) is 0 Å². The molecule has 4 heteroatoms. The second-order valence-electron chi connectivity index (χ2n) is 1.17. The van der Waals surface area contributed by atoms with Crippen LogP contribution in [0.4, 0.5) is 0 Å². The third-order valence-electron chi connectivity index (χ3n) is 0.416. The molecule has 8 heavy (non-hydrogen) atoms. The van der Waals surface area contributed by atoms with Crippen molar-refractivity contribution in [2.75, 3.05) is 0 Å². The average Bonchev–Trinajstić information content (AvgIpc) is 1.59. The highest BCUT2D eigenvalue weighted by molar-refractivity contribution is 7.55. The van der Waals surface area contributed by atoms with Crippen LogP contribution in [-0.2, 0) is 4.57 Å². The van der Waals surface area contributed by atoms with Crippen molar-refractivity contribution in [1.82, 2.24) is 0 Å². The quantitative estimate of drug-likeness (QED) is 0.435. The van der Waals surface area contributed by atoms with E-state index in [1.54, 1.807) is 0 Å². The van der Waals surface area contributed by atoms with Gasteiger partial charge in [-0.05, 0) is 0 Å². The molecular formula is C4H7O3P. The fraction of sp³-hybridized carbons (Fsp3) is 0. The molecule has 0 saturated carbocycles. The number of rotatable bonds is 2. The first-order valence-corrected chi connectivity index (χ1v) is 3.60. The third-order valence-corrected chi connectivity index (χ3v) is 0.977. The van der Waals surface area contributed by atoms with E-state index in [2.05, 4.69) is 6.58 Å². The van der Waals surface area contributed by atoms with Gasteiger partial charge in [-0.1, -0.05) is 18.7 Å². The van der Waals surface area contributed by atoms with Crippen molar-refractivity contribution in [2.24, 2.45) is 0 Å². The van der Waals surface area contributed by atoms with Crippen LogP contribution in [0.15, 0.2) is 24.5 Å². The molecule has 0 unspecified atom stereocenters. The van der Waals surface area contributed by atoms with Crippen LogP contribution in [0.1, 0.15) is 0 Å². The van der Waals surface area contributed by atoms with Crippen molar-refractivity contribution in [3.8, 4) is 0 Å². The van der Waals surface area contributed by atoms with Gasteiger partial charge in [0.05, 0.1) is 0 Å². The van der Waals surface area contributed by atoms with Gasteiger partial charge in [0, 0.05) is 5.82 Å². The molecule has 0 bridgehead atoms. The normalized spacial score (nSPS) is 12.2. The van der Waals surface area contributed by atoms with Crippen molar-refractivity contribution in [1.29, 1.82) is 0 Å². The molecule has 0 heterocycles. The molecule has 0 aliphatic rings. The molecule has 0 aromatic rings. The second kappa shape index (κ2) is 2.82. The van der Waals surface area contributed by atoms with Gasteiger partial charge in [0.15, 0.2) is 0 Å². The maximum absolute atomic E-state index is 9.95. The molecule has 0 saturated heterocycles. The van der Waals surface area contributed by atoms with Crippen molar-refractivity contribution in [2.45, 2.75) is 0 Å². The fourth-order valence-electron chi connectivity index (χ4n) is 0.173. The summed E-state index contributed by atoms with van der Waals surface area (Å²) in [5.74, 6) is 0.792. The summed E-state index contributed by atoms with van der Waals surface area (Å²) in [5.41, 5.74) is 0. The third kappa shape index (κ3) is 5.63. The Balaban J connectivity index is 3.89. The molecule has 0 atom stereocenters. The molecule has 0 rings (SSSR count). The lowest BCUT2D eigenvalue weighted by Crippen LogP contribution is -1.65. The van der Waals surface area contributed by atoms with Crippen LogP contribution in [0.25, 0.3) is 0 Å². The monoisotopic (exact) mass is 134 g/mol. The molecule has 0 aliphatic heterocycles. The molecule has 0 aliphatic carbocycles. The van der Waals surface area contributed by atoms with Gasteiger partial charge in [0.25, 0.3) is 0 Å². The van der Waals surface area contributed by atoms with E-state index < -0.39 is 7.60 Å². The minimum Gasteiger partial charge on any atom is -0.321 e. The van der Waals surface area contributed by atoms with Gasteiger partial charge < -0.3 is 9.79 Å². The Morgan fingerprint density at radius 1 is 1.50 bits per heavy atom. The lowest BCUT2D eigenvalue weighted by Gasteiger charge is -1.89. The zero-order chi connectivity index (χ0) is 6.62. The summed E-state index contributed by atoms with van der Waals surface area (Å²) in [6.07, 6.45) is 2.51. The van der Waals surface area contributed by atoms with Gasteiger partial charge in [-0.15, -0.1) is 0 Å². The second-order valence-corrected chi connectivity index (χ2v) is 2.64. The topological polar surface area (TPSA) is 57.5 Å². The van der Waals surface area contributed by atoms with Gasteiger partial charge in [-0.3, -0.25) is 4.57 Å². The lowest BCUT2D eigenvalue weighted by molar-refractivity contribution is 0.386. The average molecular weight is 134 g/mol. The van der Waals surface area contributed by atoms with E-state index in [1.807, 2.05) is 0 Å². The molecule has 0 aromatic carbocycles. The first-order chi connectivity index (χ1) is 3.56. The summed E-state index contributed by atoms with van der Waals surface area (Å²) < 4.78 is 9.95. The van der Waals surface area contributed by atoms with Crippen molar-refractivity contribution >= 4 is 7.60 Å². The largest absolute Gasteiger partial charge is 0.349 e. The van der Waals surface area contributed by atoms with Gasteiger partial charge in [0.1, 0.15) is 0 Å². The fourth-order valence-corrected chi connectivity index (χ4v) is 0.519. The highest BCUT2D eigenvalue weighted by Gasteiger charge is 2.02. The molecule has 3 nitrogen and oxygen atoms in total. The Morgan fingerprint density at radius 2 is 2.00 bits per heavy atom. The molecule has 0 spiro atoms. The maximum Gasteiger partial charge on any atom is 0.349 e. The minimum absolute atomic E-state index is 0.792. The summed E-state index contributed by atoms with van der Waals surface area (Å²) in [6, 6.07) is 0. The molecule has 0 amide bonds. The summed E-state index contributed by atoms with van der Waals surface area (Å²) in [5, 5.41) is 0. The highest BCUT2D eigenvalue weighted by atomic mass is 31.2. The SMILES string of the molecule is C=C/C=C/P(=O)(O)O. The first kappa shape index (κ1) is 7.63. The predicted octanol–water partition coefficient (Wildman–Crippen LogP) is 0.864. The van der Waals surface area contributed by atoms with E-state index in [0.29, 0.717) is 0 Å². The summed E-state index contributed by atoms with van der Waals surface area (Å²) in [4.78, 5) is 16.3. The van der Waals surface area contributed by atoms with Gasteiger partial charge in [0.2, 0.25) is 0 Å². The number of hydrogen-bond donors (Lipinski definition) is 2. The Kier molecular flexibility index (Phi) is 2.69. The van der Waals surface area contributed by atoms with Crippen LogP contribution in [0.2, 0.25) is 0 Å². The van der Waals surface area contributed by atoms with E-state index in [9.17, 15) is 4.57 Å². The van der Waals surface area contributed by atoms with E-state index in [0.717, 1.165) is 5.82 Å². The Hall–Kier alpha value is -0.370. The van der Waals surface area contributed by atoms with Crippen LogP contribution < -0.4 is 0 Å². The van der Waals surface area contributed by atoms with Crippen LogP contribution in [0, 0.1) is 0 Å². The zero-order valence-corrected chi connectivity index (χ0v) is 5.08. The highest BCUT2D eigenvalue weighted by Crippen LogP contribution is 2.35. The lowest BCUT2D eigenvalue weighted by atomic mass is 10.6. The van der Waals surface area contributed by atoms with Crippen LogP contribution in [0.5, 0.6) is 0 Å². The predicted molar refractivity (Wildman–Crippen MR) is 31.4 cm³/mol. The van der Waals surface area contributed by atoms with E-state index >= 15 is 0 Å². The summed E-state index contributed by atoms with van der Waals surface area (Å²) >= 11 is 0. The van der Waals surface area contributed by atoms with Crippen LogP contribution in [0.3, 0.4) is 0 Å². The minimum atomic E-state index is -3.93. The van der Waals surface area contributed by atoms with E-state index in [4.69, 9.17) is 9.79 Å². The first-order valence-electron chi connectivity index (χ1n) is 1.92. The molecular weight excluding hydrogens is 127 g/mol. The smallest absolute Gasteiger partial charge is 0.321 e. The van der Waals surface area contributed by atoms with Crippen LogP contribution >= 0.6 is 7.60 Å². The van der Waals surface area contributed by atoms with Gasteiger partial charge in [-0.25, -0.2) is 0 Å². The summed E-state index contributed by atoms with van der Waals surface area (Å²) in [7, 11) is -3.93. The Morgan fingerprint density at radius 3 is 2.12 bits per heavy atom. The molecule has 46 valence electrons. The molecule has 2 N–H and O–H groups in total. The van der Waals surface area contributed by atoms with Crippen molar-refractivity contribution < 1.29 is 14.4 Å². The van der Waals surface area contributed by atoms with E-state index in [-0.39, 0.29) is 0 Å². The molecule has 0 fully saturated rings. The Labute approximate surface area is 47.5 Å². The van der Waals surface area contributed by atoms with E-state index in [1.165, 1.54) is 12.2 Å². The number of hydrogen-bond acceptors (Lipinski definition) is 1. The Bertz CT molecular complexity index is 143. The van der Waals surface area contributed by atoms with Gasteiger partial charge in [-0.2, -0.15) is 0 Å². The maximum atomic E-state index is 9.95. The van der Waals surface area contributed by atoms with Crippen LogP contribution in [-0.4, -0.2) is 9.79 Å². The standard InChI is InChI=1S/C4H7O3P/c1-2-3-4-8(5,6)7/h2-4H,1H2,(H2,5,6,7)/b4-3+.